The highest BCUT2D eigenvalue weighted by Gasteiger charge is 2.26. The van der Waals surface area contributed by atoms with E-state index in [1.807, 2.05) is 20.1 Å². The molecule has 1 aromatic carbocycles. The number of hydrogen-bond acceptors (Lipinski definition) is 2. The number of alkyl halides is 3. The lowest BCUT2D eigenvalue weighted by molar-refractivity contribution is -0.135. The van der Waals surface area contributed by atoms with E-state index in [2.05, 4.69) is 29.6 Å². The Balaban J connectivity index is 2.38. The molecule has 20 heavy (non-hydrogen) atoms. The maximum absolute atomic E-state index is 12.1. The van der Waals surface area contributed by atoms with Crippen molar-refractivity contribution < 1.29 is 13.2 Å². The van der Waals surface area contributed by atoms with Crippen LogP contribution in [0.15, 0.2) is 29.2 Å². The van der Waals surface area contributed by atoms with E-state index in [0.717, 1.165) is 5.56 Å². The van der Waals surface area contributed by atoms with E-state index >= 15 is 0 Å². The Morgan fingerprint density at radius 1 is 1.15 bits per heavy atom. The van der Waals surface area contributed by atoms with Crippen LogP contribution in [0.2, 0.25) is 0 Å². The van der Waals surface area contributed by atoms with Gasteiger partial charge in [0.25, 0.3) is 0 Å². The molecule has 0 aliphatic heterocycles. The van der Waals surface area contributed by atoms with Gasteiger partial charge in [0.05, 0.1) is 0 Å². The summed E-state index contributed by atoms with van der Waals surface area (Å²) in [4.78, 5) is 1.21. The van der Waals surface area contributed by atoms with Crippen LogP contribution in [0.5, 0.6) is 0 Å². The molecule has 0 aliphatic carbocycles. The molecule has 2 atom stereocenters. The van der Waals surface area contributed by atoms with Crippen molar-refractivity contribution in [1.29, 1.82) is 0 Å². The first-order valence-corrected chi connectivity index (χ1v) is 8.01. The first-order chi connectivity index (χ1) is 9.31. The molecule has 1 aromatic rings. The molecule has 0 spiro atoms. The van der Waals surface area contributed by atoms with E-state index in [-0.39, 0.29) is 18.5 Å². The van der Waals surface area contributed by atoms with E-state index in [0.29, 0.717) is 6.42 Å². The summed E-state index contributed by atoms with van der Waals surface area (Å²) in [5, 5.41) is 3.35. The maximum Gasteiger partial charge on any atom is 0.389 e. The first-order valence-electron chi connectivity index (χ1n) is 6.78. The summed E-state index contributed by atoms with van der Waals surface area (Å²) in [5.74, 6) is 0. The lowest BCUT2D eigenvalue weighted by Crippen LogP contribution is -2.29. The number of benzene rings is 1. The zero-order chi connectivity index (χ0) is 15.2. The molecule has 2 unspecified atom stereocenters. The fourth-order valence-corrected chi connectivity index (χ4v) is 2.52. The van der Waals surface area contributed by atoms with Gasteiger partial charge in [0.2, 0.25) is 0 Å². The van der Waals surface area contributed by atoms with Gasteiger partial charge in [-0.15, -0.1) is 11.8 Å². The third-order valence-corrected chi connectivity index (χ3v) is 3.99. The van der Waals surface area contributed by atoms with Gasteiger partial charge in [-0.25, -0.2) is 0 Å². The van der Waals surface area contributed by atoms with E-state index in [9.17, 15) is 13.2 Å². The summed E-state index contributed by atoms with van der Waals surface area (Å²) in [6.07, 6.45) is -2.00. The van der Waals surface area contributed by atoms with Crippen LogP contribution < -0.4 is 5.32 Å². The molecule has 1 nitrogen and oxygen atoms in total. The Morgan fingerprint density at radius 2 is 1.75 bits per heavy atom. The number of nitrogens with one attached hydrogen (secondary N) is 1. The second kappa shape index (κ2) is 7.93. The number of rotatable bonds is 7. The Hall–Kier alpha value is -0.680. The Bertz CT molecular complexity index is 389. The molecule has 0 saturated heterocycles. The van der Waals surface area contributed by atoms with Crippen LogP contribution in [0.4, 0.5) is 13.2 Å². The van der Waals surface area contributed by atoms with Crippen LogP contribution >= 0.6 is 11.8 Å². The summed E-state index contributed by atoms with van der Waals surface area (Å²) in [7, 11) is 0. The molecule has 0 amide bonds. The Morgan fingerprint density at radius 3 is 2.25 bits per heavy atom. The molecule has 1 rings (SSSR count). The van der Waals surface area contributed by atoms with Crippen molar-refractivity contribution in [2.24, 2.45) is 0 Å². The first kappa shape index (κ1) is 17.4. The van der Waals surface area contributed by atoms with Gasteiger partial charge < -0.3 is 5.32 Å². The van der Waals surface area contributed by atoms with Crippen molar-refractivity contribution in [2.45, 2.75) is 56.3 Å². The van der Waals surface area contributed by atoms with Gasteiger partial charge >= 0.3 is 6.18 Å². The minimum absolute atomic E-state index is 0.0765. The summed E-state index contributed by atoms with van der Waals surface area (Å²) in [6.45, 7) is 3.97. The molecule has 0 heterocycles. The van der Waals surface area contributed by atoms with Crippen LogP contribution in [0.25, 0.3) is 0 Å². The van der Waals surface area contributed by atoms with E-state index in [4.69, 9.17) is 0 Å². The quantitative estimate of drug-likeness (QED) is 0.697. The van der Waals surface area contributed by atoms with E-state index < -0.39 is 12.6 Å². The fourth-order valence-electron chi connectivity index (χ4n) is 2.11. The van der Waals surface area contributed by atoms with Crippen molar-refractivity contribution in [1.82, 2.24) is 5.32 Å². The number of thioether (sulfide) groups is 1. The standard InChI is InChI=1S/C15H22F3NS/c1-11(5-4-10-15(16,17)18)19-12(2)13-6-8-14(20-3)9-7-13/h6-9,11-12,19H,4-5,10H2,1-3H3. The second-order valence-electron chi connectivity index (χ2n) is 5.07. The average Bonchev–Trinajstić information content (AvgIpc) is 2.37. The lowest BCUT2D eigenvalue weighted by atomic mass is 10.1. The van der Waals surface area contributed by atoms with Gasteiger partial charge in [-0.1, -0.05) is 12.1 Å². The van der Waals surface area contributed by atoms with Crippen molar-refractivity contribution in [3.63, 3.8) is 0 Å². The van der Waals surface area contributed by atoms with Crippen molar-refractivity contribution in [2.75, 3.05) is 6.26 Å². The summed E-state index contributed by atoms with van der Waals surface area (Å²) < 4.78 is 36.2. The van der Waals surface area contributed by atoms with Crippen molar-refractivity contribution in [3.8, 4) is 0 Å². The highest BCUT2D eigenvalue weighted by molar-refractivity contribution is 7.98. The molecule has 0 aromatic heterocycles. The molecule has 0 radical (unpaired) electrons. The van der Waals surface area contributed by atoms with Gasteiger partial charge in [0.15, 0.2) is 0 Å². The summed E-state index contributed by atoms with van der Waals surface area (Å²) in [5.41, 5.74) is 1.16. The zero-order valence-electron chi connectivity index (χ0n) is 12.1. The largest absolute Gasteiger partial charge is 0.389 e. The van der Waals surface area contributed by atoms with Crippen LogP contribution in [0.3, 0.4) is 0 Å². The molecular weight excluding hydrogens is 283 g/mol. The molecule has 1 N–H and O–H groups in total. The van der Waals surface area contributed by atoms with Gasteiger partial charge in [-0.05, 0) is 50.6 Å². The SMILES string of the molecule is CSc1ccc(C(C)NC(C)CCCC(F)(F)F)cc1. The molecule has 0 aliphatic rings. The minimum atomic E-state index is -4.04. The number of halogens is 3. The fraction of sp³-hybridized carbons (Fsp3) is 0.600. The van der Waals surface area contributed by atoms with E-state index in [1.165, 1.54) is 4.90 Å². The maximum atomic E-state index is 12.1. The predicted octanol–water partition coefficient (Wildman–Crippen LogP) is 5.18. The van der Waals surface area contributed by atoms with Crippen LogP contribution in [0.1, 0.15) is 44.7 Å². The number of hydrogen-bond donors (Lipinski definition) is 1. The minimum Gasteiger partial charge on any atom is -0.308 e. The molecule has 5 heteroatoms. The third kappa shape index (κ3) is 6.66. The highest BCUT2D eigenvalue weighted by atomic mass is 32.2. The zero-order valence-corrected chi connectivity index (χ0v) is 12.9. The van der Waals surface area contributed by atoms with Crippen LogP contribution in [-0.4, -0.2) is 18.5 Å². The van der Waals surface area contributed by atoms with Crippen molar-refractivity contribution in [3.05, 3.63) is 29.8 Å². The van der Waals surface area contributed by atoms with E-state index in [1.54, 1.807) is 11.8 Å². The van der Waals surface area contributed by atoms with Gasteiger partial charge in [-0.2, -0.15) is 13.2 Å². The molecule has 0 bridgehead atoms. The molecule has 0 saturated carbocycles. The summed E-state index contributed by atoms with van der Waals surface area (Å²) in [6, 6.07) is 8.47. The summed E-state index contributed by atoms with van der Waals surface area (Å²) >= 11 is 1.69. The monoisotopic (exact) mass is 305 g/mol. The second-order valence-corrected chi connectivity index (χ2v) is 5.95. The third-order valence-electron chi connectivity index (χ3n) is 3.25. The van der Waals surface area contributed by atoms with Gasteiger partial charge in [0, 0.05) is 23.4 Å². The molecular formula is C15H22F3NS. The van der Waals surface area contributed by atoms with Crippen LogP contribution in [0, 0.1) is 0 Å². The topological polar surface area (TPSA) is 12.0 Å². The smallest absolute Gasteiger partial charge is 0.308 e. The Kier molecular flexibility index (Phi) is 6.89. The van der Waals surface area contributed by atoms with Gasteiger partial charge in [0.1, 0.15) is 0 Å². The lowest BCUT2D eigenvalue weighted by Gasteiger charge is -2.21. The van der Waals surface area contributed by atoms with Crippen LogP contribution in [-0.2, 0) is 0 Å². The molecule has 114 valence electrons. The average molecular weight is 305 g/mol. The highest BCUT2D eigenvalue weighted by Crippen LogP contribution is 2.23. The normalized spacial score (nSPS) is 15.1. The van der Waals surface area contributed by atoms with Crippen molar-refractivity contribution >= 4 is 11.8 Å². The van der Waals surface area contributed by atoms with Gasteiger partial charge in [-0.3, -0.25) is 0 Å². The molecule has 0 fully saturated rings. The Labute approximate surface area is 123 Å². The predicted molar refractivity (Wildman–Crippen MR) is 79.1 cm³/mol.